The number of carboxylic acids is 1. The Bertz CT molecular complexity index is 1170. The van der Waals surface area contributed by atoms with E-state index in [9.17, 15) is 9.90 Å². The molecule has 0 spiro atoms. The summed E-state index contributed by atoms with van der Waals surface area (Å²) in [5.41, 5.74) is 4.86. The third-order valence-electron chi connectivity index (χ3n) is 5.76. The Kier molecular flexibility index (Phi) is 9.91. The smallest absolute Gasteiger partial charge is 0.330 e. The molecule has 0 fully saturated rings. The van der Waals surface area contributed by atoms with E-state index in [-0.39, 0.29) is 0 Å². The number of ether oxygens (including phenoxy) is 2. The van der Waals surface area contributed by atoms with E-state index < -0.39 is 12.0 Å². The van der Waals surface area contributed by atoms with Crippen LogP contribution in [0.5, 0.6) is 5.75 Å². The Morgan fingerprint density at radius 2 is 1.75 bits per heavy atom. The predicted molar refractivity (Wildman–Crippen MR) is 141 cm³/mol. The highest BCUT2D eigenvalue weighted by atomic mass is 16.5. The lowest BCUT2D eigenvalue weighted by molar-refractivity contribution is -0.138. The maximum absolute atomic E-state index is 12.5. The molecule has 1 unspecified atom stereocenters. The van der Waals surface area contributed by atoms with Crippen molar-refractivity contribution in [2.45, 2.75) is 46.3 Å². The lowest BCUT2D eigenvalue weighted by Crippen LogP contribution is -2.23. The van der Waals surface area contributed by atoms with Gasteiger partial charge in [-0.1, -0.05) is 57.2 Å². The molecule has 0 saturated carbocycles. The van der Waals surface area contributed by atoms with Gasteiger partial charge in [-0.3, -0.25) is 0 Å². The van der Waals surface area contributed by atoms with Crippen LogP contribution in [0.3, 0.4) is 0 Å². The second-order valence-electron chi connectivity index (χ2n) is 9.12. The largest absolute Gasteiger partial charge is 0.491 e. The highest BCUT2D eigenvalue weighted by Gasteiger charge is 2.26. The molecular formula is C30H34N2O4. The maximum Gasteiger partial charge on any atom is 0.330 e. The van der Waals surface area contributed by atoms with Crippen LogP contribution in [0.4, 0.5) is 5.69 Å². The summed E-state index contributed by atoms with van der Waals surface area (Å²) in [5, 5.41) is 22.4. The summed E-state index contributed by atoms with van der Waals surface area (Å²) in [6.07, 6.45) is 1.55. The quantitative estimate of drug-likeness (QED) is 0.282. The van der Waals surface area contributed by atoms with Crippen LogP contribution in [0, 0.1) is 17.2 Å². The normalized spacial score (nSPS) is 11.6. The van der Waals surface area contributed by atoms with Crippen LogP contribution >= 0.6 is 0 Å². The molecule has 3 aromatic carbocycles. The van der Waals surface area contributed by atoms with Gasteiger partial charge in [-0.05, 0) is 65.8 Å². The van der Waals surface area contributed by atoms with Crippen molar-refractivity contribution >= 4 is 11.7 Å². The fourth-order valence-electron chi connectivity index (χ4n) is 4.01. The fraction of sp³-hybridized carbons (Fsp3) is 0.333. The number of hydrogen-bond acceptors (Lipinski definition) is 5. The van der Waals surface area contributed by atoms with Crippen LogP contribution in [0.25, 0.3) is 0 Å². The number of carboxylic acid groups (broad SMARTS) is 1. The van der Waals surface area contributed by atoms with Crippen molar-refractivity contribution in [3.05, 3.63) is 94.5 Å². The minimum Gasteiger partial charge on any atom is -0.491 e. The SMILES string of the molecule is CCc1cc(CC(C)C)c(OCCOCc2ccccc2)c(C(Nc2ccc(C#N)cc2)C(=O)O)c1. The summed E-state index contributed by atoms with van der Waals surface area (Å²) < 4.78 is 12.0. The van der Waals surface area contributed by atoms with Gasteiger partial charge in [0.15, 0.2) is 6.04 Å². The van der Waals surface area contributed by atoms with E-state index in [4.69, 9.17) is 14.7 Å². The minimum atomic E-state index is -1.02. The molecule has 0 aliphatic rings. The van der Waals surface area contributed by atoms with Crippen molar-refractivity contribution < 1.29 is 19.4 Å². The summed E-state index contributed by atoms with van der Waals surface area (Å²) >= 11 is 0. The molecule has 6 heteroatoms. The summed E-state index contributed by atoms with van der Waals surface area (Å²) in [7, 11) is 0. The standard InChI is InChI=1S/C30H34N2O4/c1-4-22-17-25(16-21(2)3)29(36-15-14-35-20-24-8-6-5-7-9-24)27(18-22)28(30(33)34)32-26-12-10-23(19-31)11-13-26/h5-13,17-18,21,28,32H,4,14-16,20H2,1-3H3,(H,33,34). The molecule has 2 N–H and O–H groups in total. The molecular weight excluding hydrogens is 452 g/mol. The van der Waals surface area contributed by atoms with Crippen LogP contribution in [0.15, 0.2) is 66.7 Å². The number of nitrogens with zero attached hydrogens (tertiary/aromatic N) is 1. The molecule has 0 radical (unpaired) electrons. The van der Waals surface area contributed by atoms with Gasteiger partial charge in [0.25, 0.3) is 0 Å². The lowest BCUT2D eigenvalue weighted by atomic mass is 9.93. The molecule has 0 aliphatic heterocycles. The first-order valence-electron chi connectivity index (χ1n) is 12.3. The number of carbonyl (C=O) groups is 1. The van der Waals surface area contributed by atoms with E-state index in [2.05, 4.69) is 38.2 Å². The van der Waals surface area contributed by atoms with E-state index in [1.165, 1.54) is 0 Å². The zero-order chi connectivity index (χ0) is 25.9. The average molecular weight is 487 g/mol. The Balaban J connectivity index is 1.87. The number of rotatable bonds is 13. The van der Waals surface area contributed by atoms with Crippen LogP contribution in [-0.4, -0.2) is 24.3 Å². The minimum absolute atomic E-state index is 0.305. The molecule has 0 aliphatic carbocycles. The zero-order valence-corrected chi connectivity index (χ0v) is 21.2. The number of aliphatic carboxylic acids is 1. The van der Waals surface area contributed by atoms with Gasteiger partial charge in [0.2, 0.25) is 0 Å². The molecule has 1 atom stereocenters. The van der Waals surface area contributed by atoms with Crippen molar-refractivity contribution in [3.63, 3.8) is 0 Å². The molecule has 3 rings (SSSR count). The van der Waals surface area contributed by atoms with E-state index >= 15 is 0 Å². The zero-order valence-electron chi connectivity index (χ0n) is 21.2. The van der Waals surface area contributed by atoms with Gasteiger partial charge in [0, 0.05) is 11.3 Å². The van der Waals surface area contributed by atoms with E-state index in [0.29, 0.717) is 48.3 Å². The molecule has 3 aromatic rings. The Hall–Kier alpha value is -3.82. The van der Waals surface area contributed by atoms with Crippen molar-refractivity contribution in [3.8, 4) is 11.8 Å². The van der Waals surface area contributed by atoms with E-state index in [0.717, 1.165) is 29.5 Å². The maximum atomic E-state index is 12.5. The first kappa shape index (κ1) is 26.8. The Morgan fingerprint density at radius 1 is 1.03 bits per heavy atom. The summed E-state index contributed by atoms with van der Waals surface area (Å²) in [4.78, 5) is 12.5. The number of nitriles is 1. The molecule has 188 valence electrons. The van der Waals surface area contributed by atoms with Gasteiger partial charge in [0.05, 0.1) is 24.8 Å². The average Bonchev–Trinajstić information content (AvgIpc) is 2.88. The third kappa shape index (κ3) is 7.59. The topological polar surface area (TPSA) is 91.6 Å². The molecule has 6 nitrogen and oxygen atoms in total. The molecule has 0 bridgehead atoms. The van der Waals surface area contributed by atoms with Crippen LogP contribution in [0.1, 0.15) is 54.6 Å². The lowest BCUT2D eigenvalue weighted by Gasteiger charge is -2.24. The number of nitrogens with one attached hydrogen (secondary N) is 1. The second-order valence-corrected chi connectivity index (χ2v) is 9.12. The van der Waals surface area contributed by atoms with Gasteiger partial charge in [0.1, 0.15) is 12.4 Å². The van der Waals surface area contributed by atoms with Crippen LogP contribution in [-0.2, 0) is 29.0 Å². The summed E-state index contributed by atoms with van der Waals surface area (Å²) in [6.45, 7) is 7.50. The van der Waals surface area contributed by atoms with E-state index in [1.807, 2.05) is 36.4 Å². The summed E-state index contributed by atoms with van der Waals surface area (Å²) in [6, 6.07) is 21.8. The van der Waals surface area contributed by atoms with Gasteiger partial charge in [-0.25, -0.2) is 4.79 Å². The van der Waals surface area contributed by atoms with Crippen molar-refractivity contribution in [1.29, 1.82) is 5.26 Å². The first-order valence-corrected chi connectivity index (χ1v) is 12.3. The van der Waals surface area contributed by atoms with Crippen molar-refractivity contribution in [1.82, 2.24) is 0 Å². The second kappa shape index (κ2) is 13.3. The predicted octanol–water partition coefficient (Wildman–Crippen LogP) is 6.15. The third-order valence-corrected chi connectivity index (χ3v) is 5.76. The molecule has 36 heavy (non-hydrogen) atoms. The fourth-order valence-corrected chi connectivity index (χ4v) is 4.01. The van der Waals surface area contributed by atoms with Crippen LogP contribution in [0.2, 0.25) is 0 Å². The van der Waals surface area contributed by atoms with Crippen molar-refractivity contribution in [2.75, 3.05) is 18.5 Å². The summed E-state index contributed by atoms with van der Waals surface area (Å²) in [5.74, 6) is -0.0394. The van der Waals surface area contributed by atoms with Gasteiger partial charge < -0.3 is 19.9 Å². The monoisotopic (exact) mass is 486 g/mol. The number of anilines is 1. The highest BCUT2D eigenvalue weighted by molar-refractivity contribution is 5.81. The van der Waals surface area contributed by atoms with E-state index in [1.54, 1.807) is 24.3 Å². The van der Waals surface area contributed by atoms with Crippen molar-refractivity contribution in [2.24, 2.45) is 5.92 Å². The Labute approximate surface area is 213 Å². The van der Waals surface area contributed by atoms with Gasteiger partial charge in [-0.2, -0.15) is 5.26 Å². The number of benzene rings is 3. The molecule has 0 heterocycles. The highest BCUT2D eigenvalue weighted by Crippen LogP contribution is 2.35. The van der Waals surface area contributed by atoms with Crippen LogP contribution < -0.4 is 10.1 Å². The molecule has 0 saturated heterocycles. The Morgan fingerprint density at radius 3 is 2.36 bits per heavy atom. The number of hydrogen-bond donors (Lipinski definition) is 2. The molecule has 0 amide bonds. The first-order chi connectivity index (χ1) is 17.4. The number of aryl methyl sites for hydroxylation is 1. The van der Waals surface area contributed by atoms with Gasteiger partial charge in [-0.15, -0.1) is 0 Å². The molecule has 0 aromatic heterocycles. The van der Waals surface area contributed by atoms with Gasteiger partial charge >= 0.3 is 5.97 Å².